The summed E-state index contributed by atoms with van der Waals surface area (Å²) in [6.07, 6.45) is -7.23. The number of carbonyl (C=O) groups is 2. The fraction of sp³-hybridized carbons (Fsp3) is 0.833. The van der Waals surface area contributed by atoms with Crippen LogP contribution >= 0.6 is 0 Å². The summed E-state index contributed by atoms with van der Waals surface area (Å²) < 4.78 is 5.02. The third kappa shape index (κ3) is 3.37. The molecule has 5 atom stereocenters. The van der Waals surface area contributed by atoms with Crippen molar-refractivity contribution < 1.29 is 49.6 Å². The minimum absolute atomic E-state index is 0.892. The molecule has 5 N–H and O–H groups in total. The summed E-state index contributed by atoms with van der Waals surface area (Å²) >= 11 is 0. The van der Waals surface area contributed by atoms with E-state index in [1.54, 1.807) is 0 Å². The standard InChI is InChI=1S/C12H20O10/c1-5(14)21-22-10(18)11(2,3)9-7(16)6(15)8(17)12(19,4-13)20-9/h6-9,13,15-17,19H,4H2,1-3H3/t6-,7+,8+,9?,12+/m1/s1. The van der Waals surface area contributed by atoms with Crippen molar-refractivity contribution in [2.24, 2.45) is 5.41 Å². The quantitative estimate of drug-likeness (QED) is 0.270. The van der Waals surface area contributed by atoms with Gasteiger partial charge in [-0.15, -0.1) is 0 Å². The average Bonchev–Trinajstić information content (AvgIpc) is 2.46. The number of aliphatic hydroxyl groups is 5. The van der Waals surface area contributed by atoms with Gasteiger partial charge in [0, 0.05) is 6.92 Å². The van der Waals surface area contributed by atoms with Crippen LogP contribution in [0.1, 0.15) is 20.8 Å². The van der Waals surface area contributed by atoms with E-state index in [-0.39, 0.29) is 0 Å². The third-order valence-corrected chi connectivity index (χ3v) is 3.48. The lowest BCUT2D eigenvalue weighted by atomic mass is 9.78. The van der Waals surface area contributed by atoms with E-state index in [0.717, 1.165) is 6.92 Å². The van der Waals surface area contributed by atoms with Crippen molar-refractivity contribution >= 4 is 11.9 Å². The molecule has 0 saturated carbocycles. The minimum atomic E-state index is -2.58. The Balaban J connectivity index is 3.01. The Morgan fingerprint density at radius 3 is 2.18 bits per heavy atom. The fourth-order valence-electron chi connectivity index (χ4n) is 2.02. The van der Waals surface area contributed by atoms with Gasteiger partial charge in [0.15, 0.2) is 0 Å². The van der Waals surface area contributed by atoms with Crippen LogP contribution in [0.3, 0.4) is 0 Å². The van der Waals surface area contributed by atoms with Gasteiger partial charge in [-0.25, -0.2) is 19.4 Å². The molecule has 1 rings (SSSR count). The molecule has 10 heteroatoms. The number of hydrogen-bond donors (Lipinski definition) is 5. The highest BCUT2D eigenvalue weighted by atomic mass is 17.2. The third-order valence-electron chi connectivity index (χ3n) is 3.48. The van der Waals surface area contributed by atoms with Gasteiger partial charge < -0.3 is 30.3 Å². The molecular formula is C12H20O10. The Kier molecular flexibility index (Phi) is 5.49. The molecule has 0 spiro atoms. The Morgan fingerprint density at radius 1 is 1.18 bits per heavy atom. The lowest BCUT2D eigenvalue weighted by Gasteiger charge is -2.48. The summed E-state index contributed by atoms with van der Waals surface area (Å²) in [5, 5.41) is 48.4. The normalized spacial score (nSPS) is 35.8. The van der Waals surface area contributed by atoms with Crippen LogP contribution in [0.4, 0.5) is 0 Å². The van der Waals surface area contributed by atoms with Crippen LogP contribution in [-0.4, -0.2) is 74.3 Å². The molecule has 128 valence electrons. The van der Waals surface area contributed by atoms with Gasteiger partial charge in [0.25, 0.3) is 0 Å². The van der Waals surface area contributed by atoms with E-state index in [4.69, 9.17) is 9.84 Å². The van der Waals surface area contributed by atoms with Crippen LogP contribution in [0.5, 0.6) is 0 Å². The molecule has 1 heterocycles. The monoisotopic (exact) mass is 324 g/mol. The number of hydrogen-bond acceptors (Lipinski definition) is 10. The largest absolute Gasteiger partial charge is 0.391 e. The van der Waals surface area contributed by atoms with Gasteiger partial charge in [-0.3, -0.25) is 0 Å². The number of ether oxygens (including phenoxy) is 1. The van der Waals surface area contributed by atoms with Crippen LogP contribution in [0, 0.1) is 5.41 Å². The predicted molar refractivity (Wildman–Crippen MR) is 66.6 cm³/mol. The van der Waals surface area contributed by atoms with E-state index in [1.807, 2.05) is 0 Å². The molecule has 0 radical (unpaired) electrons. The summed E-state index contributed by atoms with van der Waals surface area (Å²) in [5.74, 6) is -4.60. The first kappa shape index (κ1) is 18.7. The van der Waals surface area contributed by atoms with Crippen LogP contribution in [0.2, 0.25) is 0 Å². The van der Waals surface area contributed by atoms with Gasteiger partial charge >= 0.3 is 11.9 Å². The second-order valence-electron chi connectivity index (χ2n) is 5.63. The lowest BCUT2D eigenvalue weighted by Crippen LogP contribution is -2.69. The first-order valence-corrected chi connectivity index (χ1v) is 6.42. The Morgan fingerprint density at radius 2 is 1.73 bits per heavy atom. The summed E-state index contributed by atoms with van der Waals surface area (Å²) in [5.41, 5.74) is -1.70. The van der Waals surface area contributed by atoms with E-state index in [0.29, 0.717) is 0 Å². The summed E-state index contributed by atoms with van der Waals surface area (Å²) in [6, 6.07) is 0. The number of carbonyl (C=O) groups excluding carboxylic acids is 2. The van der Waals surface area contributed by atoms with E-state index in [2.05, 4.69) is 9.78 Å². The molecule has 0 bridgehead atoms. The SMILES string of the molecule is CC(=O)OOC(=O)C(C)(C)C1O[C@@](O)(CO)[C@@H](O)[C@H](O)[C@@H]1O. The van der Waals surface area contributed by atoms with Gasteiger partial charge in [-0.2, -0.15) is 0 Å². The molecule has 0 aliphatic carbocycles. The first-order chi connectivity index (χ1) is 9.97. The van der Waals surface area contributed by atoms with Crippen molar-refractivity contribution in [3.05, 3.63) is 0 Å². The second kappa shape index (κ2) is 6.44. The van der Waals surface area contributed by atoms with Gasteiger partial charge in [-0.05, 0) is 13.8 Å². The summed E-state index contributed by atoms with van der Waals surface area (Å²) in [6.45, 7) is 2.37. The van der Waals surface area contributed by atoms with Crippen molar-refractivity contribution in [3.8, 4) is 0 Å². The minimum Gasteiger partial charge on any atom is -0.391 e. The highest BCUT2D eigenvalue weighted by Gasteiger charge is 2.58. The Bertz CT molecular complexity index is 436. The molecule has 1 saturated heterocycles. The van der Waals surface area contributed by atoms with Crippen molar-refractivity contribution in [2.75, 3.05) is 6.61 Å². The molecule has 0 aromatic rings. The molecule has 22 heavy (non-hydrogen) atoms. The van der Waals surface area contributed by atoms with Gasteiger partial charge in [0.05, 0.1) is 12.0 Å². The molecule has 1 unspecified atom stereocenters. The number of rotatable bonds is 3. The van der Waals surface area contributed by atoms with E-state index in [1.165, 1.54) is 13.8 Å². The van der Waals surface area contributed by atoms with Crippen molar-refractivity contribution in [1.82, 2.24) is 0 Å². The van der Waals surface area contributed by atoms with E-state index >= 15 is 0 Å². The maximum absolute atomic E-state index is 11.9. The molecule has 0 aromatic heterocycles. The van der Waals surface area contributed by atoms with Crippen LogP contribution in [-0.2, 0) is 24.1 Å². The zero-order valence-electron chi connectivity index (χ0n) is 12.3. The second-order valence-corrected chi connectivity index (χ2v) is 5.63. The van der Waals surface area contributed by atoms with Gasteiger partial charge in [-0.1, -0.05) is 0 Å². The average molecular weight is 324 g/mol. The van der Waals surface area contributed by atoms with Crippen molar-refractivity contribution in [1.29, 1.82) is 0 Å². The molecule has 10 nitrogen and oxygen atoms in total. The fourth-order valence-corrected chi connectivity index (χ4v) is 2.02. The van der Waals surface area contributed by atoms with Gasteiger partial charge in [0.2, 0.25) is 5.79 Å². The molecular weight excluding hydrogens is 304 g/mol. The van der Waals surface area contributed by atoms with Crippen molar-refractivity contribution in [2.45, 2.75) is 51.0 Å². The van der Waals surface area contributed by atoms with E-state index < -0.39 is 54.2 Å². The zero-order chi connectivity index (χ0) is 17.3. The Hall–Kier alpha value is -1.30. The molecule has 1 aliphatic rings. The zero-order valence-corrected chi connectivity index (χ0v) is 12.3. The lowest BCUT2D eigenvalue weighted by molar-refractivity contribution is -0.369. The maximum atomic E-state index is 11.9. The predicted octanol–water partition coefficient (Wildman–Crippen LogP) is -2.80. The molecule has 0 amide bonds. The topological polar surface area (TPSA) is 163 Å². The Labute approximate surface area is 125 Å². The molecule has 1 aliphatic heterocycles. The van der Waals surface area contributed by atoms with Crippen LogP contribution < -0.4 is 0 Å². The smallest absolute Gasteiger partial charge is 0.363 e. The van der Waals surface area contributed by atoms with E-state index in [9.17, 15) is 30.0 Å². The first-order valence-electron chi connectivity index (χ1n) is 6.42. The summed E-state index contributed by atoms with van der Waals surface area (Å²) in [7, 11) is 0. The maximum Gasteiger partial charge on any atom is 0.363 e. The highest BCUT2D eigenvalue weighted by molar-refractivity contribution is 5.77. The van der Waals surface area contributed by atoms with Crippen LogP contribution in [0.25, 0.3) is 0 Å². The molecule has 0 aromatic carbocycles. The number of aliphatic hydroxyl groups excluding tert-OH is 4. The highest BCUT2D eigenvalue weighted by Crippen LogP contribution is 2.37. The van der Waals surface area contributed by atoms with Crippen LogP contribution in [0.15, 0.2) is 0 Å². The van der Waals surface area contributed by atoms with Gasteiger partial charge in [0.1, 0.15) is 24.4 Å². The molecule has 1 fully saturated rings. The van der Waals surface area contributed by atoms with Crippen molar-refractivity contribution in [3.63, 3.8) is 0 Å². The summed E-state index contributed by atoms with van der Waals surface area (Å²) in [4.78, 5) is 30.9.